The van der Waals surface area contributed by atoms with E-state index < -0.39 is 0 Å². The monoisotopic (exact) mass is 361 g/mol. The van der Waals surface area contributed by atoms with Gasteiger partial charge < -0.3 is 4.90 Å². The summed E-state index contributed by atoms with van der Waals surface area (Å²) in [5, 5.41) is 2.63. The molecule has 2 aromatic carbocycles. The molecule has 0 saturated carbocycles. The third-order valence-electron chi connectivity index (χ3n) is 4.89. The minimum Gasteiger partial charge on any atom is -0.335 e. The van der Waals surface area contributed by atoms with Gasteiger partial charge in [-0.15, -0.1) is 0 Å². The van der Waals surface area contributed by atoms with Gasteiger partial charge in [-0.25, -0.2) is 0 Å². The SMILES string of the molecule is CCCN1/C(=C/c2ccc3cc(C)ccc3[n+]2CC)Sc2ccccc21. The molecule has 0 radical (unpaired) electrons. The zero-order chi connectivity index (χ0) is 18.1. The van der Waals surface area contributed by atoms with Crippen LogP contribution in [-0.2, 0) is 6.54 Å². The summed E-state index contributed by atoms with van der Waals surface area (Å²) >= 11 is 1.88. The van der Waals surface area contributed by atoms with Crippen molar-refractivity contribution in [3.05, 3.63) is 70.9 Å². The Morgan fingerprint density at radius 2 is 1.88 bits per heavy atom. The van der Waals surface area contributed by atoms with E-state index in [0.29, 0.717) is 0 Å². The van der Waals surface area contributed by atoms with Gasteiger partial charge in [-0.05, 0) is 44.5 Å². The quantitative estimate of drug-likeness (QED) is 0.544. The molecular weight excluding hydrogens is 336 g/mol. The number of fused-ring (bicyclic) bond motifs is 2. The molecule has 0 bridgehead atoms. The van der Waals surface area contributed by atoms with Gasteiger partial charge in [0.1, 0.15) is 6.54 Å². The van der Waals surface area contributed by atoms with Crippen molar-refractivity contribution in [3.63, 3.8) is 0 Å². The molecule has 4 rings (SSSR count). The summed E-state index contributed by atoms with van der Waals surface area (Å²) < 4.78 is 2.41. The molecule has 0 N–H and O–H groups in total. The van der Waals surface area contributed by atoms with Crippen LogP contribution in [0.1, 0.15) is 31.5 Å². The summed E-state index contributed by atoms with van der Waals surface area (Å²) in [6.45, 7) is 8.63. The van der Waals surface area contributed by atoms with Gasteiger partial charge in [0.15, 0.2) is 0 Å². The predicted molar refractivity (Wildman–Crippen MR) is 112 cm³/mol. The normalized spacial score (nSPS) is 15.0. The highest BCUT2D eigenvalue weighted by atomic mass is 32.2. The number of rotatable bonds is 4. The predicted octanol–water partition coefficient (Wildman–Crippen LogP) is 5.78. The lowest BCUT2D eigenvalue weighted by Crippen LogP contribution is -2.37. The van der Waals surface area contributed by atoms with Crippen molar-refractivity contribution >= 4 is 34.4 Å². The lowest BCUT2D eigenvalue weighted by Gasteiger charge is -2.19. The van der Waals surface area contributed by atoms with Gasteiger partial charge in [-0.1, -0.05) is 42.4 Å². The minimum atomic E-state index is 0.963. The van der Waals surface area contributed by atoms with Gasteiger partial charge >= 0.3 is 0 Å². The number of pyridine rings is 1. The number of para-hydroxylation sites is 1. The number of thioether (sulfide) groups is 1. The Hall–Kier alpha value is -2.26. The lowest BCUT2D eigenvalue weighted by molar-refractivity contribution is -0.669. The molecular formula is C23H25N2S+. The second kappa shape index (κ2) is 7.16. The van der Waals surface area contributed by atoms with Gasteiger partial charge in [-0.3, -0.25) is 0 Å². The summed E-state index contributed by atoms with van der Waals surface area (Å²) in [5.41, 5.74) is 5.21. The van der Waals surface area contributed by atoms with E-state index in [-0.39, 0.29) is 0 Å². The van der Waals surface area contributed by atoms with Gasteiger partial charge in [0.25, 0.3) is 0 Å². The smallest absolute Gasteiger partial charge is 0.212 e. The van der Waals surface area contributed by atoms with Crippen LogP contribution in [0.5, 0.6) is 0 Å². The highest BCUT2D eigenvalue weighted by molar-refractivity contribution is 8.03. The van der Waals surface area contributed by atoms with Crippen LogP contribution in [0.3, 0.4) is 0 Å². The number of benzene rings is 2. The Morgan fingerprint density at radius 3 is 2.69 bits per heavy atom. The topological polar surface area (TPSA) is 7.12 Å². The average molecular weight is 362 g/mol. The summed E-state index contributed by atoms with van der Waals surface area (Å²) in [4.78, 5) is 3.81. The number of anilines is 1. The van der Waals surface area contributed by atoms with Gasteiger partial charge in [-0.2, -0.15) is 4.57 Å². The standard InChI is InChI=1S/C23H25N2S/c1-4-14-25-21-8-6-7-9-22(21)26-23(25)16-19-12-11-18-15-17(3)10-13-20(18)24(19)5-2/h6-13,15-16H,4-5,14H2,1-3H3/q+1. The Bertz CT molecular complexity index is 991. The van der Waals surface area contributed by atoms with Crippen LogP contribution in [0.15, 0.2) is 64.5 Å². The zero-order valence-corrected chi connectivity index (χ0v) is 16.5. The molecule has 1 aromatic heterocycles. The molecule has 2 nitrogen and oxygen atoms in total. The molecule has 3 heteroatoms. The van der Waals surface area contributed by atoms with Gasteiger partial charge in [0.05, 0.1) is 10.7 Å². The van der Waals surface area contributed by atoms with Crippen LogP contribution in [0.4, 0.5) is 5.69 Å². The Balaban J connectivity index is 1.82. The fourth-order valence-electron chi connectivity index (χ4n) is 3.68. The molecule has 0 amide bonds. The van der Waals surface area contributed by atoms with E-state index in [1.165, 1.54) is 37.8 Å². The van der Waals surface area contributed by atoms with Gasteiger partial charge in [0.2, 0.25) is 11.2 Å². The van der Waals surface area contributed by atoms with Crippen molar-refractivity contribution < 1.29 is 4.57 Å². The summed E-state index contributed by atoms with van der Waals surface area (Å²) in [6, 6.07) is 19.9. The molecule has 0 atom stereocenters. The maximum atomic E-state index is 2.46. The van der Waals surface area contributed by atoms with E-state index in [4.69, 9.17) is 0 Å². The summed E-state index contributed by atoms with van der Waals surface area (Å²) in [5.74, 6) is 0. The molecule has 0 spiro atoms. The third-order valence-corrected chi connectivity index (χ3v) is 6.00. The van der Waals surface area contributed by atoms with Gasteiger partial charge in [0, 0.05) is 35.0 Å². The number of nitrogens with zero attached hydrogens (tertiary/aromatic N) is 2. The minimum absolute atomic E-state index is 0.963. The second-order valence-electron chi connectivity index (χ2n) is 6.77. The van der Waals surface area contributed by atoms with E-state index in [1.807, 2.05) is 11.8 Å². The molecule has 2 heterocycles. The first-order chi connectivity index (χ1) is 12.7. The lowest BCUT2D eigenvalue weighted by atomic mass is 10.1. The Labute approximate surface area is 160 Å². The van der Waals surface area contributed by atoms with Crippen molar-refractivity contribution in [1.29, 1.82) is 0 Å². The highest BCUT2D eigenvalue weighted by Crippen LogP contribution is 2.46. The number of hydrogen-bond donors (Lipinski definition) is 0. The molecule has 3 aromatic rings. The largest absolute Gasteiger partial charge is 0.335 e. The van der Waals surface area contributed by atoms with E-state index in [1.54, 1.807) is 0 Å². The van der Waals surface area contributed by atoms with E-state index >= 15 is 0 Å². The number of aryl methyl sites for hydroxylation is 2. The molecule has 0 saturated heterocycles. The maximum absolute atomic E-state index is 2.46. The van der Waals surface area contributed by atoms with Crippen LogP contribution in [0.25, 0.3) is 17.0 Å². The average Bonchev–Trinajstić information content (AvgIpc) is 2.99. The number of aromatic nitrogens is 1. The van der Waals surface area contributed by atoms with Crippen LogP contribution in [-0.4, -0.2) is 6.54 Å². The maximum Gasteiger partial charge on any atom is 0.212 e. The van der Waals surface area contributed by atoms with Crippen LogP contribution < -0.4 is 9.47 Å². The van der Waals surface area contributed by atoms with Crippen molar-refractivity contribution in [3.8, 4) is 0 Å². The molecule has 0 aliphatic carbocycles. The second-order valence-corrected chi connectivity index (χ2v) is 7.83. The Morgan fingerprint density at radius 1 is 1.04 bits per heavy atom. The van der Waals surface area contributed by atoms with E-state index in [0.717, 1.165) is 19.5 Å². The zero-order valence-electron chi connectivity index (χ0n) is 15.7. The van der Waals surface area contributed by atoms with Crippen LogP contribution in [0.2, 0.25) is 0 Å². The van der Waals surface area contributed by atoms with Crippen molar-refractivity contribution in [2.45, 2.75) is 38.6 Å². The van der Waals surface area contributed by atoms with E-state index in [9.17, 15) is 0 Å². The van der Waals surface area contributed by atoms with E-state index in [2.05, 4.69) is 90.9 Å². The highest BCUT2D eigenvalue weighted by Gasteiger charge is 2.25. The van der Waals surface area contributed by atoms with Crippen LogP contribution in [0, 0.1) is 6.92 Å². The van der Waals surface area contributed by atoms with Crippen molar-refractivity contribution in [2.24, 2.45) is 0 Å². The molecule has 1 aliphatic heterocycles. The molecule has 26 heavy (non-hydrogen) atoms. The molecule has 1 aliphatic rings. The fraction of sp³-hybridized carbons (Fsp3) is 0.261. The first kappa shape index (κ1) is 17.2. The molecule has 0 fully saturated rings. The van der Waals surface area contributed by atoms with Crippen molar-refractivity contribution in [1.82, 2.24) is 0 Å². The van der Waals surface area contributed by atoms with Crippen molar-refractivity contribution in [2.75, 3.05) is 11.4 Å². The Kier molecular flexibility index (Phi) is 4.73. The molecule has 132 valence electrons. The fourth-order valence-corrected chi connectivity index (χ4v) is 4.81. The van der Waals surface area contributed by atoms with Crippen LogP contribution >= 0.6 is 11.8 Å². The first-order valence-electron chi connectivity index (χ1n) is 9.40. The molecule has 0 unspecified atom stereocenters. The third kappa shape index (κ3) is 3.01. The number of hydrogen-bond acceptors (Lipinski definition) is 2. The summed E-state index contributed by atoms with van der Waals surface area (Å²) in [7, 11) is 0. The summed E-state index contributed by atoms with van der Waals surface area (Å²) in [6.07, 6.45) is 3.49. The first-order valence-corrected chi connectivity index (χ1v) is 10.2.